The minimum atomic E-state index is -0.193. The molecular formula is C23H17ClN6O. The van der Waals surface area contributed by atoms with E-state index in [9.17, 15) is 5.11 Å². The van der Waals surface area contributed by atoms with Crippen LogP contribution >= 0.6 is 11.6 Å². The highest BCUT2D eigenvalue weighted by atomic mass is 35.5. The van der Waals surface area contributed by atoms with E-state index in [0.29, 0.717) is 28.8 Å². The summed E-state index contributed by atoms with van der Waals surface area (Å²) in [5.74, 6) is 0.101. The summed E-state index contributed by atoms with van der Waals surface area (Å²) in [5.41, 5.74) is 4.48. The molecule has 0 amide bonds. The van der Waals surface area contributed by atoms with Crippen molar-refractivity contribution in [3.05, 3.63) is 83.8 Å². The molecule has 0 bridgehead atoms. The van der Waals surface area contributed by atoms with Crippen LogP contribution in [0.25, 0.3) is 33.4 Å². The fraction of sp³-hybridized carbons (Fsp3) is 0.0435. The zero-order valence-corrected chi connectivity index (χ0v) is 17.0. The van der Waals surface area contributed by atoms with Gasteiger partial charge in [0.25, 0.3) is 5.88 Å². The smallest absolute Gasteiger partial charge is 0.255 e. The fourth-order valence-corrected chi connectivity index (χ4v) is 3.65. The SMILES string of the molecule is Oc1nc(-c2cc(Cl)c3[nH]ncc3c2)c(-c2ccccc2)nc1NCc1cccnc1. The third-order valence-electron chi connectivity index (χ3n) is 4.88. The van der Waals surface area contributed by atoms with Gasteiger partial charge in [0.15, 0.2) is 5.82 Å². The van der Waals surface area contributed by atoms with Crippen LogP contribution in [0.4, 0.5) is 5.82 Å². The monoisotopic (exact) mass is 428 g/mol. The summed E-state index contributed by atoms with van der Waals surface area (Å²) >= 11 is 6.44. The second-order valence-corrected chi connectivity index (χ2v) is 7.37. The number of nitrogens with zero attached hydrogens (tertiary/aromatic N) is 4. The summed E-state index contributed by atoms with van der Waals surface area (Å²) in [4.78, 5) is 13.3. The lowest BCUT2D eigenvalue weighted by Gasteiger charge is -2.14. The summed E-state index contributed by atoms with van der Waals surface area (Å²) in [6.07, 6.45) is 5.17. The van der Waals surface area contributed by atoms with Gasteiger partial charge >= 0.3 is 0 Å². The van der Waals surface area contributed by atoms with E-state index in [1.54, 1.807) is 24.7 Å². The number of rotatable bonds is 5. The maximum atomic E-state index is 10.6. The van der Waals surface area contributed by atoms with E-state index in [2.05, 4.69) is 25.5 Å². The molecule has 0 radical (unpaired) electrons. The Balaban J connectivity index is 1.62. The van der Waals surface area contributed by atoms with Crippen molar-refractivity contribution in [2.75, 3.05) is 5.32 Å². The lowest BCUT2D eigenvalue weighted by atomic mass is 10.0. The molecule has 0 spiro atoms. The first-order valence-electron chi connectivity index (χ1n) is 9.61. The number of pyridine rings is 1. The minimum Gasteiger partial charge on any atom is -0.491 e. The van der Waals surface area contributed by atoms with Gasteiger partial charge in [0.05, 0.1) is 22.4 Å². The van der Waals surface area contributed by atoms with Crippen LogP contribution in [-0.4, -0.2) is 30.3 Å². The lowest BCUT2D eigenvalue weighted by molar-refractivity contribution is 0.454. The van der Waals surface area contributed by atoms with Crippen molar-refractivity contribution in [1.82, 2.24) is 25.1 Å². The molecule has 0 saturated heterocycles. The van der Waals surface area contributed by atoms with Crippen LogP contribution in [0.3, 0.4) is 0 Å². The molecule has 0 fully saturated rings. The Kier molecular flexibility index (Phi) is 4.93. The number of fused-ring (bicyclic) bond motifs is 1. The highest BCUT2D eigenvalue weighted by Crippen LogP contribution is 2.36. The first-order chi connectivity index (χ1) is 15.2. The Bertz CT molecular complexity index is 1360. The maximum absolute atomic E-state index is 10.6. The van der Waals surface area contributed by atoms with E-state index < -0.39 is 0 Å². The Labute approximate surface area is 182 Å². The highest BCUT2D eigenvalue weighted by molar-refractivity contribution is 6.35. The second kappa shape index (κ2) is 8.04. The number of H-pyrrole nitrogens is 1. The molecule has 8 heteroatoms. The van der Waals surface area contributed by atoms with Crippen molar-refractivity contribution in [2.45, 2.75) is 6.54 Å². The standard InChI is InChI=1S/C23H17ClN6O/c24-18-10-16(9-17-13-27-30-19(17)18)21-20(15-6-2-1-3-7-15)28-22(23(31)29-21)26-12-14-5-4-8-25-11-14/h1-11,13H,12H2,(H,26,28)(H,27,30)(H,29,31). The molecule has 0 aliphatic carbocycles. The summed E-state index contributed by atoms with van der Waals surface area (Å²) in [5, 5.41) is 22.1. The summed E-state index contributed by atoms with van der Waals surface area (Å²) in [6, 6.07) is 17.2. The van der Waals surface area contributed by atoms with E-state index in [-0.39, 0.29) is 5.88 Å². The first-order valence-corrected chi connectivity index (χ1v) is 9.99. The van der Waals surface area contributed by atoms with Crippen LogP contribution < -0.4 is 5.32 Å². The van der Waals surface area contributed by atoms with Crippen molar-refractivity contribution < 1.29 is 5.11 Å². The number of aromatic nitrogens is 5. The van der Waals surface area contributed by atoms with Crippen LogP contribution in [-0.2, 0) is 6.54 Å². The average Bonchev–Trinajstić information content (AvgIpc) is 3.29. The fourth-order valence-electron chi connectivity index (χ4n) is 3.38. The van der Waals surface area contributed by atoms with Crippen LogP contribution in [0, 0.1) is 0 Å². The molecule has 5 aromatic rings. The number of halogens is 1. The van der Waals surface area contributed by atoms with Gasteiger partial charge in [-0.1, -0.05) is 48.0 Å². The molecule has 152 valence electrons. The predicted molar refractivity (Wildman–Crippen MR) is 121 cm³/mol. The van der Waals surface area contributed by atoms with Gasteiger partial charge < -0.3 is 10.4 Å². The topological polar surface area (TPSA) is 99.6 Å². The molecule has 2 aromatic carbocycles. The Morgan fingerprint density at radius 3 is 2.58 bits per heavy atom. The molecule has 0 aliphatic rings. The van der Waals surface area contributed by atoms with Crippen LogP contribution in [0.15, 0.2) is 73.2 Å². The zero-order valence-electron chi connectivity index (χ0n) is 16.2. The number of aromatic amines is 1. The van der Waals surface area contributed by atoms with Crippen molar-refractivity contribution >= 4 is 28.3 Å². The molecule has 3 aromatic heterocycles. The maximum Gasteiger partial charge on any atom is 0.255 e. The van der Waals surface area contributed by atoms with Gasteiger partial charge in [0, 0.05) is 35.5 Å². The van der Waals surface area contributed by atoms with Crippen molar-refractivity contribution in [1.29, 1.82) is 0 Å². The van der Waals surface area contributed by atoms with Crippen LogP contribution in [0.5, 0.6) is 5.88 Å². The van der Waals surface area contributed by atoms with E-state index in [4.69, 9.17) is 16.6 Å². The number of hydrogen-bond donors (Lipinski definition) is 3. The molecule has 0 unspecified atom stereocenters. The molecule has 3 heterocycles. The van der Waals surface area contributed by atoms with Gasteiger partial charge in [-0.25, -0.2) is 9.97 Å². The van der Waals surface area contributed by atoms with Gasteiger partial charge in [-0.3, -0.25) is 10.1 Å². The van der Waals surface area contributed by atoms with Crippen LogP contribution in [0.2, 0.25) is 5.02 Å². The number of benzene rings is 2. The molecular weight excluding hydrogens is 412 g/mol. The molecule has 0 aliphatic heterocycles. The van der Waals surface area contributed by atoms with E-state index >= 15 is 0 Å². The predicted octanol–water partition coefficient (Wildman–Crippen LogP) is 5.05. The normalized spacial score (nSPS) is 11.0. The Morgan fingerprint density at radius 2 is 1.77 bits per heavy atom. The Morgan fingerprint density at radius 1 is 0.935 bits per heavy atom. The molecule has 5 rings (SSSR count). The largest absolute Gasteiger partial charge is 0.491 e. The first kappa shape index (κ1) is 19.0. The number of hydrogen-bond acceptors (Lipinski definition) is 6. The zero-order chi connectivity index (χ0) is 21.2. The lowest BCUT2D eigenvalue weighted by Crippen LogP contribution is -2.05. The van der Waals surface area contributed by atoms with Crippen molar-refractivity contribution in [3.63, 3.8) is 0 Å². The van der Waals surface area contributed by atoms with Crippen molar-refractivity contribution in [3.8, 4) is 28.4 Å². The molecule has 7 nitrogen and oxygen atoms in total. The van der Waals surface area contributed by atoms with E-state index in [1.165, 1.54) is 0 Å². The highest BCUT2D eigenvalue weighted by Gasteiger charge is 2.18. The van der Waals surface area contributed by atoms with Gasteiger partial charge in [0.1, 0.15) is 5.69 Å². The average molecular weight is 429 g/mol. The third-order valence-corrected chi connectivity index (χ3v) is 5.18. The summed E-state index contributed by atoms with van der Waals surface area (Å²) in [6.45, 7) is 0.455. The minimum absolute atomic E-state index is 0.193. The van der Waals surface area contributed by atoms with Crippen molar-refractivity contribution in [2.24, 2.45) is 0 Å². The number of nitrogens with one attached hydrogen (secondary N) is 2. The van der Waals surface area contributed by atoms with E-state index in [1.807, 2.05) is 48.5 Å². The summed E-state index contributed by atoms with van der Waals surface area (Å²) in [7, 11) is 0. The summed E-state index contributed by atoms with van der Waals surface area (Å²) < 4.78 is 0. The van der Waals surface area contributed by atoms with Gasteiger partial charge in [-0.05, 0) is 23.8 Å². The van der Waals surface area contributed by atoms with E-state index in [0.717, 1.165) is 27.6 Å². The quantitative estimate of drug-likeness (QED) is 0.362. The number of aromatic hydroxyl groups is 1. The van der Waals surface area contributed by atoms with Gasteiger partial charge in [-0.2, -0.15) is 5.10 Å². The molecule has 31 heavy (non-hydrogen) atoms. The van der Waals surface area contributed by atoms with Gasteiger partial charge in [0.2, 0.25) is 0 Å². The Hall–Kier alpha value is -3.97. The molecule has 0 saturated carbocycles. The number of anilines is 1. The van der Waals surface area contributed by atoms with Gasteiger partial charge in [-0.15, -0.1) is 0 Å². The second-order valence-electron chi connectivity index (χ2n) is 6.97. The molecule has 0 atom stereocenters. The molecule has 3 N–H and O–H groups in total. The third kappa shape index (κ3) is 3.78. The van der Waals surface area contributed by atoms with Crippen LogP contribution in [0.1, 0.15) is 5.56 Å².